The monoisotopic (exact) mass is 548 g/mol. The van der Waals surface area contributed by atoms with Crippen molar-refractivity contribution in [1.82, 2.24) is 5.32 Å². The van der Waals surface area contributed by atoms with Gasteiger partial charge in [-0.3, -0.25) is 9.59 Å². The number of fused-ring (bicyclic) bond motifs is 2. The molecule has 0 bridgehead atoms. The van der Waals surface area contributed by atoms with Gasteiger partial charge in [0.1, 0.15) is 17.3 Å². The van der Waals surface area contributed by atoms with Crippen LogP contribution in [0.25, 0.3) is 5.57 Å². The van der Waals surface area contributed by atoms with E-state index in [1.165, 1.54) is 6.08 Å². The van der Waals surface area contributed by atoms with Crippen LogP contribution in [0.15, 0.2) is 66.7 Å². The second-order valence-electron chi connectivity index (χ2n) is 9.93. The van der Waals surface area contributed by atoms with Crippen LogP contribution in [0, 0.1) is 6.92 Å². The number of carbonyl (C=O) groups is 2. The Morgan fingerprint density at radius 3 is 2.55 bits per heavy atom. The van der Waals surface area contributed by atoms with Crippen molar-refractivity contribution in [2.75, 3.05) is 18.5 Å². The quantitative estimate of drug-likeness (QED) is 0.419. The number of carbonyl (C=O) groups excluding carboxylic acids is 2. The maximum Gasteiger partial charge on any atom is 0.244 e. The molecule has 2 amide bonds. The Morgan fingerprint density at radius 2 is 1.76 bits per heavy atom. The minimum atomic E-state index is -1.29. The molecule has 0 unspecified atom stereocenters. The molecule has 3 aliphatic rings. The minimum Gasteiger partial charge on any atom is -0.490 e. The summed E-state index contributed by atoms with van der Waals surface area (Å²) in [7, 11) is 0. The molecule has 6 rings (SSSR count). The minimum absolute atomic E-state index is 0.0214. The standard InChI is InChI=1S/C30H26Cl2N2O4/c1-17-5-8-26(38-21-9-11-37-12-10-21)22(13-17)28-30(23-7-6-20(32)15-25(23)33-29(30)36)24(16-27(35)34-28)18-3-2-4-19(31)14-18/h2-8,13-16,21,28H,9-12H2,1H3,(H,33,36)(H,34,35)/t28-,30+/m1/s1. The summed E-state index contributed by atoms with van der Waals surface area (Å²) in [4.78, 5) is 27.5. The van der Waals surface area contributed by atoms with Crippen LogP contribution < -0.4 is 15.4 Å². The van der Waals surface area contributed by atoms with E-state index < -0.39 is 11.5 Å². The normalized spacial score (nSPS) is 23.0. The molecule has 8 heteroatoms. The molecule has 1 fully saturated rings. The summed E-state index contributed by atoms with van der Waals surface area (Å²) in [5, 5.41) is 7.17. The van der Waals surface area contributed by atoms with E-state index in [1.807, 2.05) is 43.3 Å². The Balaban J connectivity index is 1.59. The van der Waals surface area contributed by atoms with Crippen LogP contribution in [0.1, 0.15) is 41.1 Å². The molecule has 0 saturated carbocycles. The molecule has 1 saturated heterocycles. The van der Waals surface area contributed by atoms with Gasteiger partial charge in [-0.15, -0.1) is 0 Å². The van der Waals surface area contributed by atoms with Gasteiger partial charge in [-0.05, 0) is 54.0 Å². The number of benzene rings is 3. The van der Waals surface area contributed by atoms with Crippen molar-refractivity contribution in [1.29, 1.82) is 0 Å². The lowest BCUT2D eigenvalue weighted by Gasteiger charge is -2.42. The molecule has 3 aliphatic heterocycles. The lowest BCUT2D eigenvalue weighted by Crippen LogP contribution is -2.52. The number of rotatable bonds is 4. The summed E-state index contributed by atoms with van der Waals surface area (Å²) < 4.78 is 12.0. The number of aryl methyl sites for hydroxylation is 1. The van der Waals surface area contributed by atoms with Gasteiger partial charge in [-0.25, -0.2) is 0 Å². The Labute approximate surface area is 230 Å². The molecule has 2 N–H and O–H groups in total. The fourth-order valence-corrected chi connectivity index (χ4v) is 6.17. The molecule has 3 aromatic carbocycles. The predicted molar refractivity (Wildman–Crippen MR) is 148 cm³/mol. The van der Waals surface area contributed by atoms with Gasteiger partial charge in [-0.1, -0.05) is 59.1 Å². The highest BCUT2D eigenvalue weighted by Gasteiger charge is 2.58. The van der Waals surface area contributed by atoms with Crippen LogP contribution in [-0.2, 0) is 19.7 Å². The summed E-state index contributed by atoms with van der Waals surface area (Å²) in [6.07, 6.45) is 3.02. The van der Waals surface area contributed by atoms with E-state index in [-0.39, 0.29) is 17.9 Å². The zero-order valence-electron chi connectivity index (χ0n) is 20.7. The van der Waals surface area contributed by atoms with Gasteiger partial charge in [0.15, 0.2) is 0 Å². The Bertz CT molecular complexity index is 1480. The first-order chi connectivity index (χ1) is 18.4. The summed E-state index contributed by atoms with van der Waals surface area (Å²) in [6.45, 7) is 3.25. The molecule has 0 radical (unpaired) electrons. The summed E-state index contributed by atoms with van der Waals surface area (Å²) in [5.41, 5.74) is 3.01. The molecule has 0 aliphatic carbocycles. The molecule has 194 valence electrons. The second-order valence-corrected chi connectivity index (χ2v) is 10.8. The Morgan fingerprint density at radius 1 is 0.974 bits per heavy atom. The van der Waals surface area contributed by atoms with E-state index in [0.29, 0.717) is 45.8 Å². The third kappa shape index (κ3) is 4.17. The number of halogens is 2. The van der Waals surface area contributed by atoms with Crippen molar-refractivity contribution in [3.8, 4) is 5.75 Å². The van der Waals surface area contributed by atoms with E-state index >= 15 is 0 Å². The van der Waals surface area contributed by atoms with E-state index in [0.717, 1.165) is 29.5 Å². The molecule has 1 spiro atoms. The van der Waals surface area contributed by atoms with Crippen LogP contribution >= 0.6 is 23.2 Å². The smallest absolute Gasteiger partial charge is 0.244 e. The van der Waals surface area contributed by atoms with E-state index in [1.54, 1.807) is 24.3 Å². The highest BCUT2D eigenvalue weighted by Crippen LogP contribution is 2.56. The topological polar surface area (TPSA) is 76.7 Å². The molecular formula is C30H26Cl2N2O4. The first-order valence-corrected chi connectivity index (χ1v) is 13.4. The largest absolute Gasteiger partial charge is 0.490 e. The Kier molecular flexibility index (Phi) is 6.42. The molecule has 3 aromatic rings. The predicted octanol–water partition coefficient (Wildman–Crippen LogP) is 6.00. The zero-order chi connectivity index (χ0) is 26.4. The van der Waals surface area contributed by atoms with Crippen molar-refractivity contribution in [2.24, 2.45) is 0 Å². The van der Waals surface area contributed by atoms with Crippen molar-refractivity contribution in [3.63, 3.8) is 0 Å². The molecule has 2 atom stereocenters. The second kappa shape index (κ2) is 9.77. The molecule has 3 heterocycles. The van der Waals surface area contributed by atoms with Gasteiger partial charge in [0.05, 0.1) is 19.3 Å². The SMILES string of the molecule is Cc1ccc(OC2CCOCC2)c([C@H]2NC(=O)C=C(c3cccc(Cl)c3)[C@]23C(=O)Nc2cc(Cl)ccc23)c1. The third-order valence-electron chi connectivity index (χ3n) is 7.51. The highest BCUT2D eigenvalue weighted by atomic mass is 35.5. The first-order valence-electron chi connectivity index (χ1n) is 12.6. The van der Waals surface area contributed by atoms with Gasteiger partial charge in [0.2, 0.25) is 11.8 Å². The maximum atomic E-state index is 14.2. The van der Waals surface area contributed by atoms with Crippen LogP contribution in [0.3, 0.4) is 0 Å². The summed E-state index contributed by atoms with van der Waals surface area (Å²) >= 11 is 12.7. The number of hydrogen-bond acceptors (Lipinski definition) is 4. The lowest BCUT2D eigenvalue weighted by molar-refractivity contribution is -0.122. The first kappa shape index (κ1) is 25.0. The van der Waals surface area contributed by atoms with Crippen molar-refractivity contribution in [2.45, 2.75) is 37.3 Å². The van der Waals surface area contributed by atoms with E-state index in [9.17, 15) is 9.59 Å². The fraction of sp³-hybridized carbons (Fsp3) is 0.267. The molecule has 0 aromatic heterocycles. The zero-order valence-corrected chi connectivity index (χ0v) is 22.2. The van der Waals surface area contributed by atoms with Crippen molar-refractivity contribution >= 4 is 46.3 Å². The number of ether oxygens (including phenoxy) is 2. The van der Waals surface area contributed by atoms with Crippen molar-refractivity contribution in [3.05, 3.63) is 99.0 Å². The lowest BCUT2D eigenvalue weighted by atomic mass is 9.63. The number of anilines is 1. The number of amides is 2. The molecule has 38 heavy (non-hydrogen) atoms. The summed E-state index contributed by atoms with van der Waals surface area (Å²) in [5.74, 6) is 0.0728. The molecule has 6 nitrogen and oxygen atoms in total. The Hall–Kier alpha value is -3.32. The van der Waals surface area contributed by atoms with E-state index in [2.05, 4.69) is 10.6 Å². The van der Waals surface area contributed by atoms with Gasteiger partial charge in [0, 0.05) is 40.2 Å². The third-order valence-corrected chi connectivity index (χ3v) is 7.98. The van der Waals surface area contributed by atoms with Gasteiger partial charge in [-0.2, -0.15) is 0 Å². The van der Waals surface area contributed by atoms with Gasteiger partial charge in [0.25, 0.3) is 0 Å². The number of hydrogen-bond donors (Lipinski definition) is 2. The van der Waals surface area contributed by atoms with Crippen molar-refractivity contribution < 1.29 is 19.1 Å². The van der Waals surface area contributed by atoms with E-state index in [4.69, 9.17) is 32.7 Å². The average Bonchev–Trinajstić information content (AvgIpc) is 3.18. The van der Waals surface area contributed by atoms with Crippen LogP contribution in [-0.4, -0.2) is 31.1 Å². The average molecular weight is 549 g/mol. The van der Waals surface area contributed by atoms with Gasteiger partial charge >= 0.3 is 0 Å². The van der Waals surface area contributed by atoms with Gasteiger partial charge < -0.3 is 20.1 Å². The number of nitrogens with one attached hydrogen (secondary N) is 2. The van der Waals surface area contributed by atoms with Crippen LogP contribution in [0.2, 0.25) is 10.0 Å². The highest BCUT2D eigenvalue weighted by molar-refractivity contribution is 6.32. The fourth-order valence-electron chi connectivity index (χ4n) is 5.81. The maximum absolute atomic E-state index is 14.2. The van der Waals surface area contributed by atoms with Crippen LogP contribution in [0.5, 0.6) is 5.75 Å². The van der Waals surface area contributed by atoms with Crippen LogP contribution in [0.4, 0.5) is 5.69 Å². The summed E-state index contributed by atoms with van der Waals surface area (Å²) in [6, 6.07) is 17.7. The molecular weight excluding hydrogens is 523 g/mol.